The van der Waals surface area contributed by atoms with Crippen LogP contribution in [0.3, 0.4) is 0 Å². The standard InChI is InChI=1S/C25H25BrClN3O4S/c1-18(25(32)28-2)29(16-19-8-12-21(27)13-9-19)24(31)17-30(22-14-10-20(26)11-15-22)35(33,34)23-6-4-3-5-7-23/h3-15,18H,16-17H2,1-2H3,(H,28,32)/t18-/m0/s1. The summed E-state index contributed by atoms with van der Waals surface area (Å²) in [4.78, 5) is 27.5. The van der Waals surface area contributed by atoms with Gasteiger partial charge in [0.25, 0.3) is 10.0 Å². The van der Waals surface area contributed by atoms with Gasteiger partial charge >= 0.3 is 0 Å². The Labute approximate surface area is 218 Å². The predicted molar refractivity (Wildman–Crippen MR) is 141 cm³/mol. The van der Waals surface area contributed by atoms with Crippen molar-refractivity contribution in [2.75, 3.05) is 17.9 Å². The second kappa shape index (κ2) is 11.7. The van der Waals surface area contributed by atoms with Crippen LogP contribution in [0.15, 0.2) is 88.2 Å². The van der Waals surface area contributed by atoms with Gasteiger partial charge in [-0.3, -0.25) is 13.9 Å². The number of benzene rings is 3. The first kappa shape index (κ1) is 26.7. The highest BCUT2D eigenvalue weighted by atomic mass is 79.9. The lowest BCUT2D eigenvalue weighted by atomic mass is 10.1. The number of carbonyl (C=O) groups is 2. The van der Waals surface area contributed by atoms with E-state index >= 15 is 0 Å². The van der Waals surface area contributed by atoms with E-state index in [0.29, 0.717) is 10.7 Å². The Balaban J connectivity index is 2.00. The minimum Gasteiger partial charge on any atom is -0.357 e. The largest absolute Gasteiger partial charge is 0.357 e. The van der Waals surface area contributed by atoms with Gasteiger partial charge in [0.05, 0.1) is 10.6 Å². The van der Waals surface area contributed by atoms with Crippen molar-refractivity contribution in [3.8, 4) is 0 Å². The van der Waals surface area contributed by atoms with Crippen molar-refractivity contribution in [2.45, 2.75) is 24.4 Å². The molecule has 3 aromatic carbocycles. The molecule has 2 amide bonds. The van der Waals surface area contributed by atoms with Gasteiger partial charge in [-0.15, -0.1) is 0 Å². The van der Waals surface area contributed by atoms with Crippen LogP contribution in [-0.4, -0.2) is 44.8 Å². The van der Waals surface area contributed by atoms with Crippen LogP contribution in [0, 0.1) is 0 Å². The van der Waals surface area contributed by atoms with E-state index in [-0.39, 0.29) is 17.3 Å². The Morgan fingerprint density at radius 3 is 2.14 bits per heavy atom. The highest BCUT2D eigenvalue weighted by Crippen LogP contribution is 2.26. The lowest BCUT2D eigenvalue weighted by Gasteiger charge is -2.31. The van der Waals surface area contributed by atoms with Gasteiger partial charge in [-0.1, -0.05) is 57.9 Å². The Hall–Kier alpha value is -2.88. The molecule has 3 rings (SSSR count). The number of halogens is 2. The van der Waals surface area contributed by atoms with Gasteiger partial charge in [0.1, 0.15) is 12.6 Å². The van der Waals surface area contributed by atoms with Gasteiger partial charge < -0.3 is 10.2 Å². The van der Waals surface area contributed by atoms with Gasteiger partial charge in [-0.25, -0.2) is 8.42 Å². The number of amides is 2. The van der Waals surface area contributed by atoms with Crippen molar-refractivity contribution >= 4 is 55.1 Å². The summed E-state index contributed by atoms with van der Waals surface area (Å²) in [6.07, 6.45) is 0. The van der Waals surface area contributed by atoms with Crippen LogP contribution in [-0.2, 0) is 26.2 Å². The summed E-state index contributed by atoms with van der Waals surface area (Å²) in [6.45, 7) is 1.21. The number of sulfonamides is 1. The van der Waals surface area contributed by atoms with Crippen LogP contribution in [0.1, 0.15) is 12.5 Å². The molecule has 0 saturated heterocycles. The van der Waals surface area contributed by atoms with Gasteiger partial charge in [0.2, 0.25) is 11.8 Å². The van der Waals surface area contributed by atoms with Crippen molar-refractivity contribution in [1.29, 1.82) is 0 Å². The van der Waals surface area contributed by atoms with E-state index in [0.717, 1.165) is 14.3 Å². The van der Waals surface area contributed by atoms with Crippen LogP contribution < -0.4 is 9.62 Å². The molecule has 1 atom stereocenters. The summed E-state index contributed by atoms with van der Waals surface area (Å²) in [5.74, 6) is -0.896. The first-order chi connectivity index (χ1) is 16.6. The van der Waals surface area contributed by atoms with Gasteiger partial charge in [0.15, 0.2) is 0 Å². The molecule has 35 heavy (non-hydrogen) atoms. The van der Waals surface area contributed by atoms with Gasteiger partial charge in [0, 0.05) is 23.1 Å². The maximum absolute atomic E-state index is 13.6. The molecule has 0 unspecified atom stereocenters. The van der Waals surface area contributed by atoms with Gasteiger partial charge in [-0.05, 0) is 61.0 Å². The van der Waals surface area contributed by atoms with Crippen molar-refractivity contribution in [1.82, 2.24) is 10.2 Å². The summed E-state index contributed by atoms with van der Waals surface area (Å²) < 4.78 is 29.0. The smallest absolute Gasteiger partial charge is 0.264 e. The van der Waals surface area contributed by atoms with E-state index in [2.05, 4.69) is 21.2 Å². The minimum atomic E-state index is -4.07. The zero-order valence-electron chi connectivity index (χ0n) is 19.2. The molecule has 0 bridgehead atoms. The fourth-order valence-corrected chi connectivity index (χ4v) is 5.26. The summed E-state index contributed by atoms with van der Waals surface area (Å²) in [6, 6.07) is 20.6. The normalized spacial score (nSPS) is 12.0. The number of rotatable bonds is 9. The molecule has 0 aliphatic rings. The number of hydrogen-bond donors (Lipinski definition) is 1. The highest BCUT2D eigenvalue weighted by Gasteiger charge is 2.32. The second-order valence-corrected chi connectivity index (χ2v) is 11.0. The number of nitrogens with one attached hydrogen (secondary N) is 1. The zero-order chi connectivity index (χ0) is 25.6. The molecule has 0 aliphatic carbocycles. The topological polar surface area (TPSA) is 86.8 Å². The van der Waals surface area contributed by atoms with E-state index in [1.807, 2.05) is 0 Å². The number of hydrogen-bond acceptors (Lipinski definition) is 4. The van der Waals surface area contributed by atoms with Gasteiger partial charge in [-0.2, -0.15) is 0 Å². The number of nitrogens with zero attached hydrogens (tertiary/aromatic N) is 2. The zero-order valence-corrected chi connectivity index (χ0v) is 22.3. The van der Waals surface area contributed by atoms with Crippen molar-refractivity contribution < 1.29 is 18.0 Å². The van der Waals surface area contributed by atoms with Crippen LogP contribution in [0.4, 0.5) is 5.69 Å². The first-order valence-electron chi connectivity index (χ1n) is 10.7. The molecule has 0 spiro atoms. The van der Waals surface area contributed by atoms with Crippen LogP contribution in [0.5, 0.6) is 0 Å². The Kier molecular flexibility index (Phi) is 8.93. The SMILES string of the molecule is CNC(=O)[C@H](C)N(Cc1ccc(Cl)cc1)C(=O)CN(c1ccc(Br)cc1)S(=O)(=O)c1ccccc1. The van der Waals surface area contributed by atoms with Crippen LogP contribution >= 0.6 is 27.5 Å². The third kappa shape index (κ3) is 6.62. The average molecular weight is 579 g/mol. The fourth-order valence-electron chi connectivity index (χ4n) is 3.43. The molecule has 184 valence electrons. The second-order valence-electron chi connectivity index (χ2n) is 7.74. The average Bonchev–Trinajstić information content (AvgIpc) is 2.87. The summed E-state index contributed by atoms with van der Waals surface area (Å²) in [5.41, 5.74) is 1.07. The van der Waals surface area contributed by atoms with E-state index in [1.165, 1.54) is 24.1 Å². The van der Waals surface area contributed by atoms with Crippen molar-refractivity contribution in [2.24, 2.45) is 0 Å². The molecule has 0 fully saturated rings. The lowest BCUT2D eigenvalue weighted by molar-refractivity contribution is -0.139. The van der Waals surface area contributed by atoms with E-state index in [4.69, 9.17) is 11.6 Å². The third-order valence-corrected chi connectivity index (χ3v) is 7.97. The number of anilines is 1. The Bertz CT molecular complexity index is 1270. The molecular weight excluding hydrogens is 554 g/mol. The maximum atomic E-state index is 13.6. The molecule has 3 aromatic rings. The summed E-state index contributed by atoms with van der Waals surface area (Å²) in [5, 5.41) is 3.09. The minimum absolute atomic E-state index is 0.0549. The lowest BCUT2D eigenvalue weighted by Crippen LogP contribution is -2.50. The fraction of sp³-hybridized carbons (Fsp3) is 0.200. The number of likely N-dealkylation sites (N-methyl/N-ethyl adjacent to an activating group) is 1. The molecule has 7 nitrogen and oxygen atoms in total. The third-order valence-electron chi connectivity index (χ3n) is 5.40. The Morgan fingerprint density at radius 2 is 1.57 bits per heavy atom. The van der Waals surface area contributed by atoms with E-state index in [9.17, 15) is 18.0 Å². The summed E-state index contributed by atoms with van der Waals surface area (Å²) in [7, 11) is -2.59. The Morgan fingerprint density at radius 1 is 0.971 bits per heavy atom. The molecule has 0 heterocycles. The molecule has 0 radical (unpaired) electrons. The molecular formula is C25H25BrClN3O4S. The van der Waals surface area contributed by atoms with Crippen LogP contribution in [0.25, 0.3) is 0 Å². The first-order valence-corrected chi connectivity index (χ1v) is 13.3. The predicted octanol–water partition coefficient (Wildman–Crippen LogP) is 4.46. The molecule has 1 N–H and O–H groups in total. The van der Waals surface area contributed by atoms with Crippen molar-refractivity contribution in [3.63, 3.8) is 0 Å². The molecule has 10 heteroatoms. The quantitative estimate of drug-likeness (QED) is 0.406. The van der Waals surface area contributed by atoms with E-state index < -0.39 is 28.5 Å². The molecule has 0 aliphatic heterocycles. The maximum Gasteiger partial charge on any atom is 0.264 e. The molecule has 0 saturated carbocycles. The molecule has 0 aromatic heterocycles. The monoisotopic (exact) mass is 577 g/mol. The van der Waals surface area contributed by atoms with Crippen molar-refractivity contribution in [3.05, 3.63) is 93.9 Å². The van der Waals surface area contributed by atoms with E-state index in [1.54, 1.807) is 73.7 Å². The summed E-state index contributed by atoms with van der Waals surface area (Å²) >= 11 is 9.33. The highest BCUT2D eigenvalue weighted by molar-refractivity contribution is 9.10. The van der Waals surface area contributed by atoms with Crippen LogP contribution in [0.2, 0.25) is 5.02 Å². The number of carbonyl (C=O) groups excluding carboxylic acids is 2.